The number of carbonyl (C=O) groups is 2. The smallest absolute Gasteiger partial charge is 0.418 e. The molecule has 41 heavy (non-hydrogen) atoms. The highest BCUT2D eigenvalue weighted by atomic mass is 19.4. The highest BCUT2D eigenvalue weighted by Crippen LogP contribution is 2.39. The number of benzene rings is 2. The van der Waals surface area contributed by atoms with Crippen LogP contribution in [0, 0.1) is 0 Å². The molecule has 0 bridgehead atoms. The minimum absolute atomic E-state index is 0.0135. The number of aromatic nitrogens is 3. The Kier molecular flexibility index (Phi) is 7.30. The van der Waals surface area contributed by atoms with E-state index < -0.39 is 29.1 Å². The summed E-state index contributed by atoms with van der Waals surface area (Å²) in [6.07, 6.45) is -1.83. The SMILES string of the molecule is CC(C)(C(N)=O)c1cc(Oc2ccc3c(ccn3C(=O)Nc3ccc(N4CCOCC4)c(C(F)(F)F)c3)c2)ncn1. The van der Waals surface area contributed by atoms with Gasteiger partial charge >= 0.3 is 12.2 Å². The van der Waals surface area contributed by atoms with Gasteiger partial charge in [0.05, 0.1) is 35.4 Å². The van der Waals surface area contributed by atoms with Gasteiger partial charge in [0.25, 0.3) is 0 Å². The molecule has 0 atom stereocenters. The number of rotatable bonds is 6. The molecule has 3 N–H and O–H groups in total. The van der Waals surface area contributed by atoms with Crippen molar-refractivity contribution >= 4 is 34.2 Å². The van der Waals surface area contributed by atoms with Crippen molar-refractivity contribution in [3.8, 4) is 11.6 Å². The number of nitrogens with one attached hydrogen (secondary N) is 1. The van der Waals surface area contributed by atoms with Crippen LogP contribution in [0.25, 0.3) is 10.9 Å². The highest BCUT2D eigenvalue weighted by Gasteiger charge is 2.36. The van der Waals surface area contributed by atoms with E-state index in [1.165, 1.54) is 35.3 Å². The van der Waals surface area contributed by atoms with Gasteiger partial charge in [-0.3, -0.25) is 9.36 Å². The molecule has 1 aliphatic rings. The topological polar surface area (TPSA) is 125 Å². The molecule has 214 valence electrons. The van der Waals surface area contributed by atoms with Crippen molar-refractivity contribution in [2.45, 2.75) is 25.4 Å². The van der Waals surface area contributed by atoms with Crippen LogP contribution in [0.5, 0.6) is 11.6 Å². The van der Waals surface area contributed by atoms with Gasteiger partial charge in [0.2, 0.25) is 11.8 Å². The number of hydrogen-bond donors (Lipinski definition) is 2. The normalized spacial score (nSPS) is 14.2. The van der Waals surface area contributed by atoms with Gasteiger partial charge in [0.15, 0.2) is 0 Å². The molecule has 2 aromatic heterocycles. The first-order valence-electron chi connectivity index (χ1n) is 12.7. The van der Waals surface area contributed by atoms with E-state index in [2.05, 4.69) is 15.3 Å². The Bertz CT molecular complexity index is 1610. The maximum Gasteiger partial charge on any atom is 0.418 e. The van der Waals surface area contributed by atoms with Gasteiger partial charge in [0.1, 0.15) is 12.1 Å². The van der Waals surface area contributed by atoms with Crippen LogP contribution in [-0.2, 0) is 21.1 Å². The molecular weight excluding hydrogens is 541 g/mol. The maximum atomic E-state index is 13.9. The predicted octanol–water partition coefficient (Wildman–Crippen LogP) is 4.92. The number of nitrogens with zero attached hydrogens (tertiary/aromatic N) is 4. The standard InChI is InChI=1S/C28H27F3N6O4/c1-27(2,25(32)38)23-15-24(34-16-33-23)41-19-4-6-21-17(13-19)7-8-37(21)26(39)35-18-3-5-22(20(14-18)28(29,30)31)36-9-11-40-12-10-36/h3-8,13-16H,9-12H2,1-2H3,(H2,32,38)(H,35,39). The quantitative estimate of drug-likeness (QED) is 0.338. The van der Waals surface area contributed by atoms with Crippen LogP contribution < -0.4 is 20.7 Å². The van der Waals surface area contributed by atoms with E-state index in [1.807, 2.05) is 0 Å². The summed E-state index contributed by atoms with van der Waals surface area (Å²) in [5.74, 6) is 0.0541. The fourth-order valence-corrected chi connectivity index (χ4v) is 4.45. The van der Waals surface area contributed by atoms with Crippen LogP contribution >= 0.6 is 0 Å². The number of morpholine rings is 1. The van der Waals surface area contributed by atoms with Crippen molar-refractivity contribution in [3.05, 3.63) is 72.3 Å². The molecule has 4 aromatic rings. The van der Waals surface area contributed by atoms with Gasteiger partial charge < -0.3 is 25.4 Å². The fraction of sp³-hybridized carbons (Fsp3) is 0.286. The van der Waals surface area contributed by atoms with Crippen molar-refractivity contribution in [2.24, 2.45) is 5.73 Å². The minimum atomic E-state index is -4.61. The van der Waals surface area contributed by atoms with Gasteiger partial charge in [-0.15, -0.1) is 0 Å². The fourth-order valence-electron chi connectivity index (χ4n) is 4.45. The van der Waals surface area contributed by atoms with Crippen molar-refractivity contribution in [1.82, 2.24) is 14.5 Å². The summed E-state index contributed by atoms with van der Waals surface area (Å²) in [6.45, 7) is 4.67. The maximum absolute atomic E-state index is 13.9. The predicted molar refractivity (Wildman–Crippen MR) is 145 cm³/mol. The zero-order chi connectivity index (χ0) is 29.4. The zero-order valence-electron chi connectivity index (χ0n) is 22.2. The van der Waals surface area contributed by atoms with E-state index in [0.29, 0.717) is 48.6 Å². The van der Waals surface area contributed by atoms with Crippen LogP contribution in [0.4, 0.5) is 29.3 Å². The van der Waals surface area contributed by atoms with Gasteiger partial charge in [-0.25, -0.2) is 14.8 Å². The van der Waals surface area contributed by atoms with E-state index in [1.54, 1.807) is 43.0 Å². The number of anilines is 2. The first-order chi connectivity index (χ1) is 19.4. The number of primary amides is 1. The molecule has 13 heteroatoms. The summed E-state index contributed by atoms with van der Waals surface area (Å²) < 4.78 is 54.1. The molecule has 3 heterocycles. The number of ether oxygens (including phenoxy) is 2. The Labute approximate surface area is 232 Å². The lowest BCUT2D eigenvalue weighted by atomic mass is 9.88. The number of nitrogens with two attached hydrogens (primary N) is 1. The molecule has 5 rings (SSSR count). The van der Waals surface area contributed by atoms with E-state index in [9.17, 15) is 22.8 Å². The average molecular weight is 569 g/mol. The average Bonchev–Trinajstić information content (AvgIpc) is 3.36. The summed E-state index contributed by atoms with van der Waals surface area (Å²) in [6, 6.07) is 11.3. The van der Waals surface area contributed by atoms with Crippen LogP contribution in [-0.4, -0.2) is 52.8 Å². The Balaban J connectivity index is 1.35. The second-order valence-corrected chi connectivity index (χ2v) is 10.00. The Morgan fingerprint density at radius 2 is 1.78 bits per heavy atom. The minimum Gasteiger partial charge on any atom is -0.439 e. The first kappa shape index (κ1) is 27.9. The molecule has 2 amide bonds. The van der Waals surface area contributed by atoms with Crippen LogP contribution in [0.1, 0.15) is 25.1 Å². The summed E-state index contributed by atoms with van der Waals surface area (Å²) in [5.41, 5.74) is 4.58. The van der Waals surface area contributed by atoms with Crippen molar-refractivity contribution in [3.63, 3.8) is 0 Å². The molecule has 1 fully saturated rings. The van der Waals surface area contributed by atoms with Crippen molar-refractivity contribution in [2.75, 3.05) is 36.5 Å². The van der Waals surface area contributed by atoms with Crippen LogP contribution in [0.2, 0.25) is 0 Å². The lowest BCUT2D eigenvalue weighted by Gasteiger charge is -2.31. The Morgan fingerprint density at radius 1 is 1.02 bits per heavy atom. The molecule has 0 unspecified atom stereocenters. The third-order valence-corrected chi connectivity index (χ3v) is 6.91. The lowest BCUT2D eigenvalue weighted by Crippen LogP contribution is -2.37. The van der Waals surface area contributed by atoms with Crippen LogP contribution in [0.3, 0.4) is 0 Å². The van der Waals surface area contributed by atoms with E-state index in [0.717, 1.165) is 6.07 Å². The van der Waals surface area contributed by atoms with E-state index in [-0.39, 0.29) is 17.3 Å². The zero-order valence-corrected chi connectivity index (χ0v) is 22.2. The molecule has 0 spiro atoms. The second-order valence-electron chi connectivity index (χ2n) is 10.00. The van der Waals surface area contributed by atoms with Gasteiger partial charge in [0, 0.05) is 42.1 Å². The number of fused-ring (bicyclic) bond motifs is 1. The summed E-state index contributed by atoms with van der Waals surface area (Å²) in [4.78, 5) is 34.7. The number of alkyl halides is 3. The highest BCUT2D eigenvalue weighted by molar-refractivity contribution is 5.99. The summed E-state index contributed by atoms with van der Waals surface area (Å²) in [5, 5.41) is 3.20. The van der Waals surface area contributed by atoms with Gasteiger partial charge in [-0.1, -0.05) is 0 Å². The molecule has 0 saturated carbocycles. The van der Waals surface area contributed by atoms with Crippen LogP contribution in [0.15, 0.2) is 61.1 Å². The summed E-state index contributed by atoms with van der Waals surface area (Å²) in [7, 11) is 0. The molecule has 1 aliphatic heterocycles. The first-order valence-corrected chi connectivity index (χ1v) is 12.7. The van der Waals surface area contributed by atoms with Gasteiger partial charge in [-0.2, -0.15) is 13.2 Å². The monoisotopic (exact) mass is 568 g/mol. The molecular formula is C28H27F3N6O4. The number of carbonyl (C=O) groups excluding carboxylic acids is 2. The van der Waals surface area contributed by atoms with E-state index in [4.69, 9.17) is 15.2 Å². The number of halogens is 3. The molecule has 2 aromatic carbocycles. The Morgan fingerprint density at radius 3 is 2.49 bits per heavy atom. The lowest BCUT2D eigenvalue weighted by molar-refractivity contribution is -0.137. The van der Waals surface area contributed by atoms with Crippen molar-refractivity contribution < 1.29 is 32.2 Å². The molecule has 1 saturated heterocycles. The Hall–Kier alpha value is -4.65. The number of amides is 2. The van der Waals surface area contributed by atoms with Crippen molar-refractivity contribution in [1.29, 1.82) is 0 Å². The third-order valence-electron chi connectivity index (χ3n) is 6.91. The molecule has 10 nitrogen and oxygen atoms in total. The molecule has 0 radical (unpaired) electrons. The summed E-state index contributed by atoms with van der Waals surface area (Å²) >= 11 is 0. The second kappa shape index (κ2) is 10.7. The largest absolute Gasteiger partial charge is 0.439 e. The third kappa shape index (κ3) is 5.80. The number of hydrogen-bond acceptors (Lipinski definition) is 7. The van der Waals surface area contributed by atoms with Gasteiger partial charge in [-0.05, 0) is 56.3 Å². The molecule has 0 aliphatic carbocycles. The van der Waals surface area contributed by atoms with E-state index >= 15 is 0 Å².